The highest BCUT2D eigenvalue weighted by Crippen LogP contribution is 2.41. The first-order valence-electron chi connectivity index (χ1n) is 10.7. The van der Waals surface area contributed by atoms with E-state index in [4.69, 9.17) is 9.72 Å². The van der Waals surface area contributed by atoms with Gasteiger partial charge in [-0.15, -0.1) is 11.3 Å². The summed E-state index contributed by atoms with van der Waals surface area (Å²) in [5, 5.41) is 4.80. The molecule has 0 spiro atoms. The van der Waals surface area contributed by atoms with E-state index >= 15 is 0 Å². The van der Waals surface area contributed by atoms with Crippen LogP contribution in [0.1, 0.15) is 42.1 Å². The zero-order valence-corrected chi connectivity index (χ0v) is 18.3. The summed E-state index contributed by atoms with van der Waals surface area (Å²) in [7, 11) is 1.70. The molecule has 1 aliphatic rings. The van der Waals surface area contributed by atoms with Crippen LogP contribution in [0.4, 0.5) is 5.82 Å². The number of pyridine rings is 1. The van der Waals surface area contributed by atoms with E-state index in [-0.39, 0.29) is 0 Å². The number of aryl methyl sites for hydroxylation is 2. The molecule has 4 aromatic rings. The van der Waals surface area contributed by atoms with E-state index in [0.29, 0.717) is 0 Å². The normalized spacial score (nSPS) is 13.1. The molecule has 0 unspecified atom stereocenters. The summed E-state index contributed by atoms with van der Waals surface area (Å²) in [6.07, 6.45) is 8.30. The minimum Gasteiger partial charge on any atom is -0.497 e. The van der Waals surface area contributed by atoms with Gasteiger partial charge in [0.25, 0.3) is 0 Å². The van der Waals surface area contributed by atoms with Crippen molar-refractivity contribution in [2.24, 2.45) is 0 Å². The van der Waals surface area contributed by atoms with Gasteiger partial charge in [0.05, 0.1) is 17.3 Å². The highest BCUT2D eigenvalue weighted by molar-refractivity contribution is 7.26. The molecule has 0 saturated heterocycles. The van der Waals surface area contributed by atoms with Crippen molar-refractivity contribution in [3.63, 3.8) is 0 Å². The van der Waals surface area contributed by atoms with Gasteiger partial charge in [-0.05, 0) is 60.9 Å². The third-order valence-corrected chi connectivity index (χ3v) is 6.96. The molecule has 0 saturated carbocycles. The van der Waals surface area contributed by atoms with E-state index in [2.05, 4.69) is 34.3 Å². The maximum atomic E-state index is 5.33. The van der Waals surface area contributed by atoms with Crippen LogP contribution in [0.15, 0.2) is 30.6 Å². The fourth-order valence-corrected chi connectivity index (χ4v) is 5.64. The molecule has 1 aliphatic carbocycles. The van der Waals surface area contributed by atoms with Crippen molar-refractivity contribution >= 4 is 37.6 Å². The SMILES string of the molecule is CCCc1nc2sc3c(NCCc4cccc(OC)c4)ncnc3c2c2c1CCC2. The summed E-state index contributed by atoms with van der Waals surface area (Å²) in [6, 6.07) is 8.21. The molecular weight excluding hydrogens is 392 g/mol. The predicted octanol–water partition coefficient (Wildman–Crippen LogP) is 5.34. The van der Waals surface area contributed by atoms with Crippen molar-refractivity contribution in [1.82, 2.24) is 15.0 Å². The Morgan fingerprint density at radius 1 is 1.13 bits per heavy atom. The molecule has 6 heteroatoms. The quantitative estimate of drug-likeness (QED) is 0.439. The molecule has 0 fully saturated rings. The second-order valence-electron chi connectivity index (χ2n) is 7.83. The number of thiophene rings is 1. The molecule has 3 heterocycles. The molecule has 1 N–H and O–H groups in total. The molecule has 3 aromatic heterocycles. The lowest BCUT2D eigenvalue weighted by Crippen LogP contribution is -2.06. The number of ether oxygens (including phenoxy) is 1. The van der Waals surface area contributed by atoms with Crippen molar-refractivity contribution in [3.8, 4) is 5.75 Å². The van der Waals surface area contributed by atoms with Gasteiger partial charge in [0.2, 0.25) is 0 Å². The highest BCUT2D eigenvalue weighted by atomic mass is 32.1. The van der Waals surface area contributed by atoms with Gasteiger partial charge in [0.1, 0.15) is 22.7 Å². The Bertz CT molecular complexity index is 1220. The van der Waals surface area contributed by atoms with Crippen LogP contribution in [0, 0.1) is 0 Å². The molecule has 0 atom stereocenters. The first-order valence-corrected chi connectivity index (χ1v) is 11.5. The van der Waals surface area contributed by atoms with Gasteiger partial charge in [-0.25, -0.2) is 15.0 Å². The van der Waals surface area contributed by atoms with Gasteiger partial charge < -0.3 is 10.1 Å². The lowest BCUT2D eigenvalue weighted by Gasteiger charge is -2.08. The lowest BCUT2D eigenvalue weighted by atomic mass is 10.0. The van der Waals surface area contributed by atoms with E-state index in [0.717, 1.165) is 65.3 Å². The zero-order chi connectivity index (χ0) is 20.5. The van der Waals surface area contributed by atoms with Crippen molar-refractivity contribution in [2.45, 2.75) is 45.4 Å². The molecule has 0 radical (unpaired) electrons. The van der Waals surface area contributed by atoms with Crippen LogP contribution in [-0.4, -0.2) is 28.6 Å². The Morgan fingerprint density at radius 3 is 2.90 bits per heavy atom. The Kier molecular flexibility index (Phi) is 5.25. The smallest absolute Gasteiger partial charge is 0.147 e. The Morgan fingerprint density at radius 2 is 2.03 bits per heavy atom. The topological polar surface area (TPSA) is 59.9 Å². The largest absolute Gasteiger partial charge is 0.497 e. The predicted molar refractivity (Wildman–Crippen MR) is 124 cm³/mol. The van der Waals surface area contributed by atoms with Gasteiger partial charge in [-0.3, -0.25) is 0 Å². The molecule has 5 rings (SSSR count). The molecule has 30 heavy (non-hydrogen) atoms. The number of hydrogen-bond acceptors (Lipinski definition) is 6. The number of methoxy groups -OCH3 is 1. The fourth-order valence-electron chi connectivity index (χ4n) is 4.50. The number of benzene rings is 1. The average Bonchev–Trinajstić information content (AvgIpc) is 3.39. The first-order chi connectivity index (χ1) is 14.8. The number of fused-ring (bicyclic) bond motifs is 5. The number of hydrogen-bond donors (Lipinski definition) is 1. The van der Waals surface area contributed by atoms with Crippen LogP contribution in [0.2, 0.25) is 0 Å². The number of rotatable bonds is 7. The van der Waals surface area contributed by atoms with Crippen LogP contribution in [-0.2, 0) is 25.7 Å². The monoisotopic (exact) mass is 418 g/mol. The van der Waals surface area contributed by atoms with Gasteiger partial charge in [-0.1, -0.05) is 25.5 Å². The molecule has 0 bridgehead atoms. The van der Waals surface area contributed by atoms with Gasteiger partial charge in [0, 0.05) is 17.6 Å². The summed E-state index contributed by atoms with van der Waals surface area (Å²) >= 11 is 1.73. The number of aromatic nitrogens is 3. The molecule has 1 aromatic carbocycles. The van der Waals surface area contributed by atoms with E-state index in [1.165, 1.54) is 34.2 Å². The standard InChI is InChI=1S/C24H26N4OS/c1-3-6-19-17-9-5-10-18(17)20-21-22(30-24(20)28-19)23(27-14-26-21)25-12-11-15-7-4-8-16(13-15)29-2/h4,7-8,13-14H,3,5-6,9-12H2,1-2H3,(H,25,26,27). The number of nitrogens with zero attached hydrogens (tertiary/aromatic N) is 3. The second-order valence-corrected chi connectivity index (χ2v) is 8.83. The summed E-state index contributed by atoms with van der Waals surface area (Å²) in [5.74, 6) is 1.80. The maximum Gasteiger partial charge on any atom is 0.147 e. The van der Waals surface area contributed by atoms with E-state index in [1.807, 2.05) is 12.1 Å². The third-order valence-electron chi connectivity index (χ3n) is 5.88. The highest BCUT2D eigenvalue weighted by Gasteiger charge is 2.23. The van der Waals surface area contributed by atoms with Gasteiger partial charge in [-0.2, -0.15) is 0 Å². The van der Waals surface area contributed by atoms with Gasteiger partial charge >= 0.3 is 0 Å². The molecule has 0 aliphatic heterocycles. The van der Waals surface area contributed by atoms with Crippen molar-refractivity contribution in [2.75, 3.05) is 19.0 Å². The lowest BCUT2D eigenvalue weighted by molar-refractivity contribution is 0.414. The number of nitrogens with one attached hydrogen (secondary N) is 1. The molecular formula is C24H26N4OS. The molecule has 0 amide bonds. The van der Waals surface area contributed by atoms with Crippen LogP contribution >= 0.6 is 11.3 Å². The third kappa shape index (κ3) is 3.39. The summed E-state index contributed by atoms with van der Waals surface area (Å²) in [5.41, 5.74) is 6.56. The van der Waals surface area contributed by atoms with Gasteiger partial charge in [0.15, 0.2) is 0 Å². The zero-order valence-electron chi connectivity index (χ0n) is 17.5. The molecule has 154 valence electrons. The van der Waals surface area contributed by atoms with E-state index in [1.54, 1.807) is 24.8 Å². The molecule has 5 nitrogen and oxygen atoms in total. The Labute approximate surface area is 180 Å². The summed E-state index contributed by atoms with van der Waals surface area (Å²) in [6.45, 7) is 3.04. The Hall–Kier alpha value is -2.73. The second kappa shape index (κ2) is 8.19. The first kappa shape index (κ1) is 19.2. The Balaban J connectivity index is 1.48. The van der Waals surface area contributed by atoms with E-state index in [9.17, 15) is 0 Å². The van der Waals surface area contributed by atoms with Crippen LogP contribution in [0.5, 0.6) is 5.75 Å². The summed E-state index contributed by atoms with van der Waals surface area (Å²) < 4.78 is 6.45. The van der Waals surface area contributed by atoms with Crippen LogP contribution in [0.3, 0.4) is 0 Å². The van der Waals surface area contributed by atoms with Crippen molar-refractivity contribution < 1.29 is 4.74 Å². The minimum atomic E-state index is 0.806. The van der Waals surface area contributed by atoms with Crippen LogP contribution < -0.4 is 10.1 Å². The van der Waals surface area contributed by atoms with Crippen molar-refractivity contribution in [3.05, 3.63) is 53.0 Å². The van der Waals surface area contributed by atoms with Crippen LogP contribution in [0.25, 0.3) is 20.4 Å². The van der Waals surface area contributed by atoms with Crippen molar-refractivity contribution in [1.29, 1.82) is 0 Å². The van der Waals surface area contributed by atoms with E-state index < -0.39 is 0 Å². The number of anilines is 1. The summed E-state index contributed by atoms with van der Waals surface area (Å²) in [4.78, 5) is 15.4. The average molecular weight is 419 g/mol. The fraction of sp³-hybridized carbons (Fsp3) is 0.375. The maximum absolute atomic E-state index is 5.33. The minimum absolute atomic E-state index is 0.806.